The summed E-state index contributed by atoms with van der Waals surface area (Å²) in [7, 11) is 0. The van der Waals surface area contributed by atoms with Crippen molar-refractivity contribution in [2.24, 2.45) is 11.8 Å². The number of rotatable bonds is 7. The van der Waals surface area contributed by atoms with Crippen molar-refractivity contribution in [3.63, 3.8) is 0 Å². The van der Waals surface area contributed by atoms with E-state index in [1.165, 1.54) is 0 Å². The molecule has 2 amide bonds. The Bertz CT molecular complexity index is 938. The van der Waals surface area contributed by atoms with E-state index in [-0.39, 0.29) is 37.5 Å². The highest BCUT2D eigenvalue weighted by Crippen LogP contribution is 2.71. The molecule has 2 bridgehead atoms. The number of carbonyl (C=O) groups is 3. The summed E-state index contributed by atoms with van der Waals surface area (Å²) in [6.45, 7) is 6.02. The summed E-state index contributed by atoms with van der Waals surface area (Å²) in [6, 6.07) is 4.63. The minimum Gasteiger partial charge on any atom is -0.466 e. The predicted molar refractivity (Wildman–Crippen MR) is 124 cm³/mol. The lowest BCUT2D eigenvalue weighted by Gasteiger charge is -2.34. The SMILES string of the molecule is CCOC(=O)[C@@H]1[C@H]2C(=O)N(CCCO)C(C(=O)Nc3c(C)cccc3Cl)C23CC[C@@]1(C)S3. The van der Waals surface area contributed by atoms with Crippen molar-refractivity contribution in [1.29, 1.82) is 0 Å². The summed E-state index contributed by atoms with van der Waals surface area (Å²) in [4.78, 5) is 41.9. The summed E-state index contributed by atoms with van der Waals surface area (Å²) in [5.74, 6) is -2.09. The van der Waals surface area contributed by atoms with Crippen LogP contribution in [0.25, 0.3) is 0 Å². The average molecular weight is 481 g/mol. The van der Waals surface area contributed by atoms with E-state index in [0.29, 0.717) is 23.6 Å². The van der Waals surface area contributed by atoms with E-state index in [2.05, 4.69) is 5.32 Å². The number of esters is 1. The van der Waals surface area contributed by atoms with E-state index in [1.807, 2.05) is 26.0 Å². The van der Waals surface area contributed by atoms with E-state index in [0.717, 1.165) is 12.0 Å². The van der Waals surface area contributed by atoms with E-state index in [4.69, 9.17) is 16.3 Å². The van der Waals surface area contributed by atoms with Gasteiger partial charge in [0.1, 0.15) is 6.04 Å². The molecule has 3 aliphatic heterocycles. The zero-order valence-electron chi connectivity index (χ0n) is 18.5. The number of amides is 2. The molecule has 1 aromatic rings. The molecule has 3 heterocycles. The molecule has 1 aromatic carbocycles. The maximum absolute atomic E-state index is 13.7. The number of benzene rings is 1. The molecule has 3 fully saturated rings. The van der Waals surface area contributed by atoms with Crippen molar-refractivity contribution in [3.8, 4) is 0 Å². The third-order valence-electron chi connectivity index (χ3n) is 7.09. The summed E-state index contributed by atoms with van der Waals surface area (Å²) in [6.07, 6.45) is 1.75. The molecule has 0 saturated carbocycles. The van der Waals surface area contributed by atoms with Gasteiger partial charge in [0.25, 0.3) is 0 Å². The lowest BCUT2D eigenvalue weighted by Crippen LogP contribution is -2.51. The molecular formula is C23H29ClN2O5S. The standard InChI is InChI=1S/C23H29ClN2O5S/c1-4-31-21(30)16-15-20(29)26(11-6-12-27)18(23(15)10-9-22(16,3)32-23)19(28)25-17-13(2)7-5-8-14(17)24/h5,7-8,15-16,18,27H,4,6,9-12H2,1-3H3,(H,25,28)/t15-,16-,18?,22+,23?/m0/s1. The average Bonchev–Trinajstić information content (AvgIpc) is 3.30. The van der Waals surface area contributed by atoms with Gasteiger partial charge >= 0.3 is 5.97 Å². The van der Waals surface area contributed by atoms with Crippen molar-refractivity contribution in [3.05, 3.63) is 28.8 Å². The van der Waals surface area contributed by atoms with Gasteiger partial charge in [-0.3, -0.25) is 14.4 Å². The Kier molecular flexibility index (Phi) is 6.24. The van der Waals surface area contributed by atoms with Crippen LogP contribution in [-0.4, -0.2) is 63.1 Å². The number of thioether (sulfide) groups is 1. The monoisotopic (exact) mass is 480 g/mol. The predicted octanol–water partition coefficient (Wildman–Crippen LogP) is 3.01. The van der Waals surface area contributed by atoms with Gasteiger partial charge in [-0.15, -0.1) is 11.8 Å². The Morgan fingerprint density at radius 1 is 1.38 bits per heavy atom. The topological polar surface area (TPSA) is 95.9 Å². The highest BCUT2D eigenvalue weighted by Gasteiger charge is 2.77. The van der Waals surface area contributed by atoms with Crippen LogP contribution in [0.2, 0.25) is 5.02 Å². The number of carbonyl (C=O) groups excluding carboxylic acids is 3. The molecule has 2 unspecified atom stereocenters. The number of ether oxygens (including phenoxy) is 1. The Morgan fingerprint density at radius 3 is 2.78 bits per heavy atom. The maximum atomic E-state index is 13.7. The summed E-state index contributed by atoms with van der Waals surface area (Å²) >= 11 is 7.93. The second kappa shape index (κ2) is 8.54. The summed E-state index contributed by atoms with van der Waals surface area (Å²) in [5.41, 5.74) is 1.35. The number of aliphatic hydroxyl groups excluding tert-OH is 1. The number of aryl methyl sites for hydroxylation is 1. The number of hydrogen-bond donors (Lipinski definition) is 2. The first-order valence-electron chi connectivity index (χ1n) is 11.0. The number of para-hydroxylation sites is 1. The van der Waals surface area contributed by atoms with Gasteiger partial charge in [0.05, 0.1) is 33.9 Å². The third kappa shape index (κ3) is 3.42. The van der Waals surface area contributed by atoms with Crippen molar-refractivity contribution in [1.82, 2.24) is 4.90 Å². The van der Waals surface area contributed by atoms with Crippen LogP contribution in [0.5, 0.6) is 0 Å². The number of nitrogens with zero attached hydrogens (tertiary/aromatic N) is 1. The van der Waals surface area contributed by atoms with Crippen molar-refractivity contribution >= 4 is 46.8 Å². The molecule has 2 N–H and O–H groups in total. The second-order valence-corrected chi connectivity index (χ2v) is 11.3. The fraction of sp³-hybridized carbons (Fsp3) is 0.609. The molecule has 32 heavy (non-hydrogen) atoms. The fourth-order valence-electron chi connectivity index (χ4n) is 5.78. The first kappa shape index (κ1) is 23.4. The largest absolute Gasteiger partial charge is 0.466 e. The van der Waals surface area contributed by atoms with Crippen LogP contribution in [0, 0.1) is 18.8 Å². The number of nitrogens with one attached hydrogen (secondary N) is 1. The molecule has 7 nitrogen and oxygen atoms in total. The minimum absolute atomic E-state index is 0.0917. The van der Waals surface area contributed by atoms with E-state index in [9.17, 15) is 19.5 Å². The number of hydrogen-bond acceptors (Lipinski definition) is 6. The van der Waals surface area contributed by atoms with Gasteiger partial charge < -0.3 is 20.1 Å². The molecule has 174 valence electrons. The first-order chi connectivity index (χ1) is 15.2. The fourth-order valence-corrected chi connectivity index (χ4v) is 8.39. The zero-order chi connectivity index (χ0) is 23.3. The normalized spacial score (nSPS) is 32.8. The number of likely N-dealkylation sites (tertiary alicyclic amines) is 1. The van der Waals surface area contributed by atoms with Gasteiger partial charge in [-0.05, 0) is 51.7 Å². The Morgan fingerprint density at radius 2 is 2.12 bits per heavy atom. The molecule has 5 atom stereocenters. The van der Waals surface area contributed by atoms with Crippen LogP contribution >= 0.6 is 23.4 Å². The number of anilines is 1. The van der Waals surface area contributed by atoms with Crippen LogP contribution in [0.15, 0.2) is 18.2 Å². The van der Waals surface area contributed by atoms with Crippen LogP contribution in [0.3, 0.4) is 0 Å². The molecule has 0 radical (unpaired) electrons. The van der Waals surface area contributed by atoms with E-state index < -0.39 is 27.4 Å². The Labute approximate surface area is 197 Å². The van der Waals surface area contributed by atoms with Gasteiger partial charge in [0.2, 0.25) is 11.8 Å². The lowest BCUT2D eigenvalue weighted by molar-refractivity contribution is -0.155. The zero-order valence-corrected chi connectivity index (χ0v) is 20.1. The number of halogens is 1. The minimum atomic E-state index is -0.756. The Hall–Kier alpha value is -1.77. The molecule has 3 saturated heterocycles. The van der Waals surface area contributed by atoms with E-state index in [1.54, 1.807) is 29.7 Å². The number of aliphatic hydroxyl groups is 1. The number of fused-ring (bicyclic) bond motifs is 1. The van der Waals surface area contributed by atoms with E-state index >= 15 is 0 Å². The van der Waals surface area contributed by atoms with Gasteiger partial charge in [0.15, 0.2) is 0 Å². The van der Waals surface area contributed by atoms with Crippen molar-refractivity contribution in [2.45, 2.75) is 55.6 Å². The molecule has 3 aliphatic rings. The summed E-state index contributed by atoms with van der Waals surface area (Å²) in [5, 5.41) is 12.8. The van der Waals surface area contributed by atoms with Crippen molar-refractivity contribution < 1.29 is 24.2 Å². The molecule has 4 rings (SSSR count). The van der Waals surface area contributed by atoms with Gasteiger partial charge in [-0.25, -0.2) is 0 Å². The van der Waals surface area contributed by atoms with Crippen molar-refractivity contribution in [2.75, 3.05) is 25.1 Å². The third-order valence-corrected chi connectivity index (χ3v) is 9.39. The second-order valence-electron chi connectivity index (χ2n) is 9.01. The highest BCUT2D eigenvalue weighted by atomic mass is 35.5. The van der Waals surface area contributed by atoms with Gasteiger partial charge in [-0.1, -0.05) is 23.7 Å². The molecule has 9 heteroatoms. The quantitative estimate of drug-likeness (QED) is 0.582. The van der Waals surface area contributed by atoms with Crippen LogP contribution in [0.4, 0.5) is 5.69 Å². The molecule has 0 aromatic heterocycles. The molecule has 1 spiro atoms. The van der Waals surface area contributed by atoms with Crippen LogP contribution in [0.1, 0.15) is 38.7 Å². The van der Waals surface area contributed by atoms with Crippen LogP contribution < -0.4 is 5.32 Å². The van der Waals surface area contributed by atoms with Gasteiger partial charge in [0, 0.05) is 17.9 Å². The highest BCUT2D eigenvalue weighted by molar-refractivity contribution is 8.02. The maximum Gasteiger partial charge on any atom is 0.311 e. The molecule has 0 aliphatic carbocycles. The van der Waals surface area contributed by atoms with Gasteiger partial charge in [-0.2, -0.15) is 0 Å². The Balaban J connectivity index is 1.74. The summed E-state index contributed by atoms with van der Waals surface area (Å²) < 4.78 is 4.19. The first-order valence-corrected chi connectivity index (χ1v) is 12.2. The lowest BCUT2D eigenvalue weighted by atomic mass is 9.66. The molecular weight excluding hydrogens is 452 g/mol. The van der Waals surface area contributed by atoms with Crippen LogP contribution in [-0.2, 0) is 19.1 Å². The smallest absolute Gasteiger partial charge is 0.311 e.